The molecule has 0 saturated heterocycles. The molecule has 0 aliphatic heterocycles. The molecule has 0 radical (unpaired) electrons. The van der Waals surface area contributed by atoms with Crippen LogP contribution in [0.25, 0.3) is 76.3 Å². The molecule has 0 aliphatic rings. The van der Waals surface area contributed by atoms with Crippen molar-refractivity contribution in [1.82, 2.24) is 9.97 Å². The van der Waals surface area contributed by atoms with Crippen molar-refractivity contribution < 1.29 is 0 Å². The first-order valence-corrected chi connectivity index (χ1v) is 11.7. The summed E-state index contributed by atoms with van der Waals surface area (Å²) in [5.74, 6) is 0. The van der Waals surface area contributed by atoms with Gasteiger partial charge in [-0.05, 0) is 69.1 Å². The van der Waals surface area contributed by atoms with Crippen LogP contribution >= 0.6 is 0 Å². The zero-order valence-electron chi connectivity index (χ0n) is 18.4. The van der Waals surface area contributed by atoms with Gasteiger partial charge in [-0.25, -0.2) is 0 Å². The van der Waals surface area contributed by atoms with Gasteiger partial charge in [-0.3, -0.25) is 0 Å². The second-order valence-electron chi connectivity index (χ2n) is 9.19. The van der Waals surface area contributed by atoms with E-state index in [1.807, 2.05) is 0 Å². The van der Waals surface area contributed by atoms with Crippen molar-refractivity contribution in [1.29, 1.82) is 0 Å². The lowest BCUT2D eigenvalue weighted by Crippen LogP contribution is -1.84. The van der Waals surface area contributed by atoms with E-state index in [9.17, 15) is 0 Å². The van der Waals surface area contributed by atoms with E-state index < -0.39 is 0 Å². The summed E-state index contributed by atoms with van der Waals surface area (Å²) in [7, 11) is 0. The van der Waals surface area contributed by atoms with E-state index >= 15 is 0 Å². The molecule has 0 saturated carbocycles. The Bertz CT molecular complexity index is 2070. The molecule has 8 aromatic rings. The molecule has 6 aromatic carbocycles. The Hall–Kier alpha value is -4.56. The molecular weight excluding hydrogens is 412 g/mol. The van der Waals surface area contributed by atoms with Crippen LogP contribution in [0, 0.1) is 0 Å². The highest BCUT2D eigenvalue weighted by Crippen LogP contribution is 2.40. The molecule has 0 fully saturated rings. The second-order valence-corrected chi connectivity index (χ2v) is 9.19. The molecule has 2 heterocycles. The van der Waals surface area contributed by atoms with Crippen LogP contribution < -0.4 is 0 Å². The van der Waals surface area contributed by atoms with Crippen molar-refractivity contribution in [2.45, 2.75) is 0 Å². The fourth-order valence-electron chi connectivity index (χ4n) is 5.71. The average molecular weight is 433 g/mol. The van der Waals surface area contributed by atoms with Crippen LogP contribution in [0.15, 0.2) is 109 Å². The standard InChI is InChI=1S/C32H20N2/c1-2-8-20-17-30-27(15-19(20)7-1)26-16-21(13-14-29(26)33-30)25-18-31-32(23-10-4-3-9-22(23)25)24-11-5-6-12-28(24)34-31/h1-18,33-34H. The van der Waals surface area contributed by atoms with Crippen LogP contribution in [0.2, 0.25) is 0 Å². The molecule has 34 heavy (non-hydrogen) atoms. The minimum absolute atomic E-state index is 1.17. The van der Waals surface area contributed by atoms with Crippen molar-refractivity contribution in [3.05, 3.63) is 109 Å². The molecule has 0 amide bonds. The highest BCUT2D eigenvalue weighted by molar-refractivity contribution is 6.23. The molecule has 158 valence electrons. The molecule has 2 N–H and O–H groups in total. The number of benzene rings is 6. The number of hydrogen-bond donors (Lipinski definition) is 2. The number of aromatic amines is 2. The third-order valence-corrected chi connectivity index (χ3v) is 7.29. The van der Waals surface area contributed by atoms with Gasteiger partial charge in [0.2, 0.25) is 0 Å². The maximum Gasteiger partial charge on any atom is 0.0477 e. The number of rotatable bonds is 1. The van der Waals surface area contributed by atoms with Crippen LogP contribution in [0.4, 0.5) is 0 Å². The number of hydrogen-bond acceptors (Lipinski definition) is 0. The zero-order valence-corrected chi connectivity index (χ0v) is 18.4. The highest BCUT2D eigenvalue weighted by Gasteiger charge is 2.14. The van der Waals surface area contributed by atoms with Gasteiger partial charge in [-0.15, -0.1) is 0 Å². The molecular formula is C32H20N2. The normalized spacial score (nSPS) is 12.1. The molecule has 8 rings (SSSR count). The zero-order chi connectivity index (χ0) is 22.2. The fraction of sp³-hybridized carbons (Fsp3) is 0. The van der Waals surface area contributed by atoms with Crippen molar-refractivity contribution in [3.8, 4) is 11.1 Å². The van der Waals surface area contributed by atoms with E-state index in [1.54, 1.807) is 0 Å². The summed E-state index contributed by atoms with van der Waals surface area (Å²) in [5, 5.41) is 10.2. The van der Waals surface area contributed by atoms with Gasteiger partial charge in [0, 0.05) is 43.6 Å². The average Bonchev–Trinajstić information content (AvgIpc) is 3.44. The largest absolute Gasteiger partial charge is 0.354 e. The van der Waals surface area contributed by atoms with Gasteiger partial charge in [-0.1, -0.05) is 72.8 Å². The number of para-hydroxylation sites is 1. The lowest BCUT2D eigenvalue weighted by atomic mass is 9.94. The smallest absolute Gasteiger partial charge is 0.0477 e. The summed E-state index contributed by atoms with van der Waals surface area (Å²) in [6.07, 6.45) is 0. The van der Waals surface area contributed by atoms with E-state index in [1.165, 1.54) is 76.3 Å². The van der Waals surface area contributed by atoms with Crippen LogP contribution in [0.5, 0.6) is 0 Å². The first-order chi connectivity index (χ1) is 16.8. The minimum atomic E-state index is 1.17. The predicted octanol–water partition coefficient (Wildman–Crippen LogP) is 8.93. The maximum atomic E-state index is 3.66. The topological polar surface area (TPSA) is 31.6 Å². The predicted molar refractivity (Wildman–Crippen MR) is 146 cm³/mol. The molecule has 0 spiro atoms. The lowest BCUT2D eigenvalue weighted by molar-refractivity contribution is 1.54. The summed E-state index contributed by atoms with van der Waals surface area (Å²) in [6, 6.07) is 39.6. The Morgan fingerprint density at radius 1 is 0.382 bits per heavy atom. The summed E-state index contributed by atoms with van der Waals surface area (Å²) in [6.45, 7) is 0. The van der Waals surface area contributed by atoms with Crippen LogP contribution in [0.3, 0.4) is 0 Å². The van der Waals surface area contributed by atoms with Gasteiger partial charge in [0.1, 0.15) is 0 Å². The van der Waals surface area contributed by atoms with Gasteiger partial charge in [-0.2, -0.15) is 0 Å². The SMILES string of the molecule is c1ccc2cc3c(cc2c1)[nH]c1ccc(-c2cc4[nH]c5ccccc5c4c4ccccc24)cc13. The van der Waals surface area contributed by atoms with E-state index in [0.29, 0.717) is 0 Å². The third-order valence-electron chi connectivity index (χ3n) is 7.29. The number of nitrogens with one attached hydrogen (secondary N) is 2. The first kappa shape index (κ1) is 17.9. The van der Waals surface area contributed by atoms with Gasteiger partial charge in [0.05, 0.1) is 0 Å². The molecule has 0 unspecified atom stereocenters. The van der Waals surface area contributed by atoms with Crippen molar-refractivity contribution in [3.63, 3.8) is 0 Å². The summed E-state index contributed by atoms with van der Waals surface area (Å²) in [4.78, 5) is 7.28. The lowest BCUT2D eigenvalue weighted by Gasteiger charge is -2.10. The van der Waals surface area contributed by atoms with Crippen LogP contribution in [-0.2, 0) is 0 Å². The quantitative estimate of drug-likeness (QED) is 0.259. The van der Waals surface area contributed by atoms with Gasteiger partial charge >= 0.3 is 0 Å². The van der Waals surface area contributed by atoms with Crippen LogP contribution in [0.1, 0.15) is 0 Å². The van der Waals surface area contributed by atoms with E-state index in [-0.39, 0.29) is 0 Å². The summed E-state index contributed by atoms with van der Waals surface area (Å²) < 4.78 is 0. The Morgan fingerprint density at radius 3 is 1.91 bits per heavy atom. The molecule has 2 aromatic heterocycles. The molecule has 0 aliphatic carbocycles. The second kappa shape index (κ2) is 6.49. The van der Waals surface area contributed by atoms with Gasteiger partial charge < -0.3 is 9.97 Å². The Labute approximate surface area is 195 Å². The van der Waals surface area contributed by atoms with E-state index in [4.69, 9.17) is 0 Å². The molecule has 0 bridgehead atoms. The number of aromatic nitrogens is 2. The highest BCUT2D eigenvalue weighted by atomic mass is 14.7. The van der Waals surface area contributed by atoms with E-state index in [2.05, 4.69) is 119 Å². The molecule has 2 heteroatoms. The number of fused-ring (bicyclic) bond motifs is 9. The maximum absolute atomic E-state index is 3.66. The third kappa shape index (κ3) is 2.40. The van der Waals surface area contributed by atoms with Crippen molar-refractivity contribution in [2.75, 3.05) is 0 Å². The molecule has 2 nitrogen and oxygen atoms in total. The van der Waals surface area contributed by atoms with E-state index in [0.717, 1.165) is 0 Å². The van der Waals surface area contributed by atoms with Gasteiger partial charge in [0.25, 0.3) is 0 Å². The fourth-order valence-corrected chi connectivity index (χ4v) is 5.71. The summed E-state index contributed by atoms with van der Waals surface area (Å²) >= 11 is 0. The van der Waals surface area contributed by atoms with Crippen LogP contribution in [-0.4, -0.2) is 9.97 Å². The Morgan fingerprint density at radius 2 is 1.03 bits per heavy atom. The Kier molecular flexibility index (Phi) is 3.42. The first-order valence-electron chi connectivity index (χ1n) is 11.7. The van der Waals surface area contributed by atoms with Crippen molar-refractivity contribution in [2.24, 2.45) is 0 Å². The monoisotopic (exact) mass is 432 g/mol. The molecule has 0 atom stereocenters. The van der Waals surface area contributed by atoms with Crippen molar-refractivity contribution >= 4 is 65.2 Å². The summed E-state index contributed by atoms with van der Waals surface area (Å²) in [5.41, 5.74) is 7.20. The minimum Gasteiger partial charge on any atom is -0.354 e. The number of H-pyrrole nitrogens is 2. The Balaban J connectivity index is 1.46. The van der Waals surface area contributed by atoms with Gasteiger partial charge in [0.15, 0.2) is 0 Å².